The second-order valence-electron chi connectivity index (χ2n) is 2.75. The van der Waals surface area contributed by atoms with Crippen LogP contribution in [0.3, 0.4) is 0 Å². The monoisotopic (exact) mass is 252 g/mol. The molecule has 0 aliphatic rings. The number of nitrogens with one attached hydrogen (secondary N) is 1. The molecule has 8 nitrogen and oxygen atoms in total. The maximum Gasteiger partial charge on any atom is 0.358 e. The van der Waals surface area contributed by atoms with E-state index in [-0.39, 0.29) is 5.70 Å². The minimum atomic E-state index is -0.535. The van der Waals surface area contributed by atoms with Crippen LogP contribution in [0.1, 0.15) is 0 Å². The van der Waals surface area contributed by atoms with E-state index < -0.39 is 5.97 Å². The molecule has 0 aromatic carbocycles. The molecule has 0 saturated heterocycles. The van der Waals surface area contributed by atoms with Gasteiger partial charge in [0.15, 0.2) is 5.70 Å². The van der Waals surface area contributed by atoms with Gasteiger partial charge in [-0.3, -0.25) is 0 Å². The first kappa shape index (κ1) is 11.2. The van der Waals surface area contributed by atoms with Gasteiger partial charge in [-0.25, -0.2) is 14.5 Å². The van der Waals surface area contributed by atoms with Crippen LogP contribution in [0.5, 0.6) is 0 Å². The molecule has 0 bridgehead atoms. The highest BCUT2D eigenvalue weighted by molar-refractivity contribution is 7.13. The SMILES string of the molecule is COC(=O)/C(=C\Nc1nncs1)n1cncn1. The first-order valence-corrected chi connectivity index (χ1v) is 5.35. The Bertz CT molecular complexity index is 506. The summed E-state index contributed by atoms with van der Waals surface area (Å²) in [4.78, 5) is 15.3. The van der Waals surface area contributed by atoms with Crippen LogP contribution in [-0.4, -0.2) is 38.0 Å². The second kappa shape index (κ2) is 5.16. The van der Waals surface area contributed by atoms with Crippen LogP contribution in [0.25, 0.3) is 5.70 Å². The normalized spacial score (nSPS) is 11.2. The van der Waals surface area contributed by atoms with E-state index in [1.165, 1.54) is 42.0 Å². The molecule has 1 N–H and O–H groups in total. The molecule has 0 aliphatic carbocycles. The highest BCUT2D eigenvalue weighted by atomic mass is 32.1. The summed E-state index contributed by atoms with van der Waals surface area (Å²) in [5, 5.41) is 14.7. The average Bonchev–Trinajstić information content (AvgIpc) is 3.01. The number of methoxy groups -OCH3 is 1. The molecule has 17 heavy (non-hydrogen) atoms. The lowest BCUT2D eigenvalue weighted by Crippen LogP contribution is -2.12. The molecule has 0 unspecified atom stereocenters. The summed E-state index contributed by atoms with van der Waals surface area (Å²) >= 11 is 1.31. The summed E-state index contributed by atoms with van der Waals surface area (Å²) in [5.41, 5.74) is 1.77. The summed E-state index contributed by atoms with van der Waals surface area (Å²) < 4.78 is 5.93. The van der Waals surface area contributed by atoms with Crippen molar-refractivity contribution in [1.82, 2.24) is 25.0 Å². The van der Waals surface area contributed by atoms with E-state index in [0.717, 1.165) is 0 Å². The van der Waals surface area contributed by atoms with Crippen molar-refractivity contribution in [2.45, 2.75) is 0 Å². The van der Waals surface area contributed by atoms with Crippen molar-refractivity contribution >= 4 is 28.1 Å². The molecule has 0 radical (unpaired) electrons. The molecule has 2 rings (SSSR count). The lowest BCUT2D eigenvalue weighted by atomic mass is 10.5. The van der Waals surface area contributed by atoms with Gasteiger partial charge in [0.05, 0.1) is 7.11 Å². The summed E-state index contributed by atoms with van der Waals surface area (Å²) in [7, 11) is 1.29. The highest BCUT2D eigenvalue weighted by Gasteiger charge is 2.12. The molecular formula is C8H8N6O2S. The summed E-state index contributed by atoms with van der Waals surface area (Å²) in [5.74, 6) is -0.535. The van der Waals surface area contributed by atoms with Gasteiger partial charge in [0.1, 0.15) is 18.2 Å². The Balaban J connectivity index is 2.21. The minimum Gasteiger partial charge on any atom is -0.464 e. The third kappa shape index (κ3) is 2.64. The van der Waals surface area contributed by atoms with Gasteiger partial charge in [-0.2, -0.15) is 5.10 Å². The molecule has 88 valence electrons. The van der Waals surface area contributed by atoms with Gasteiger partial charge >= 0.3 is 5.97 Å². The quantitative estimate of drug-likeness (QED) is 0.614. The number of hydrogen-bond donors (Lipinski definition) is 1. The highest BCUT2D eigenvalue weighted by Crippen LogP contribution is 2.10. The van der Waals surface area contributed by atoms with Gasteiger partial charge in [-0.1, -0.05) is 11.3 Å². The van der Waals surface area contributed by atoms with E-state index in [4.69, 9.17) is 0 Å². The number of aromatic nitrogens is 5. The summed E-state index contributed by atoms with van der Waals surface area (Å²) in [6, 6.07) is 0. The molecule has 0 saturated carbocycles. The van der Waals surface area contributed by atoms with Crippen LogP contribution in [0.15, 0.2) is 24.4 Å². The smallest absolute Gasteiger partial charge is 0.358 e. The van der Waals surface area contributed by atoms with E-state index in [0.29, 0.717) is 5.13 Å². The largest absolute Gasteiger partial charge is 0.464 e. The van der Waals surface area contributed by atoms with E-state index in [1.54, 1.807) is 5.51 Å². The Hall–Kier alpha value is -2.29. The first-order chi connectivity index (χ1) is 8.31. The predicted molar refractivity (Wildman–Crippen MR) is 59.8 cm³/mol. The maximum absolute atomic E-state index is 11.5. The van der Waals surface area contributed by atoms with Crippen LogP contribution in [0, 0.1) is 0 Å². The topological polar surface area (TPSA) is 94.8 Å². The van der Waals surface area contributed by atoms with Gasteiger partial charge in [-0.05, 0) is 0 Å². The van der Waals surface area contributed by atoms with Crippen molar-refractivity contribution in [3.63, 3.8) is 0 Å². The van der Waals surface area contributed by atoms with Crippen molar-refractivity contribution in [2.24, 2.45) is 0 Å². The Morgan fingerprint density at radius 1 is 1.65 bits per heavy atom. The third-order valence-electron chi connectivity index (χ3n) is 1.75. The van der Waals surface area contributed by atoms with Crippen LogP contribution in [0.4, 0.5) is 5.13 Å². The number of anilines is 1. The Morgan fingerprint density at radius 2 is 2.53 bits per heavy atom. The molecule has 2 aromatic rings. The van der Waals surface area contributed by atoms with Crippen molar-refractivity contribution in [2.75, 3.05) is 12.4 Å². The fourth-order valence-electron chi connectivity index (χ4n) is 1.02. The molecule has 0 fully saturated rings. The van der Waals surface area contributed by atoms with E-state index >= 15 is 0 Å². The Morgan fingerprint density at radius 3 is 3.12 bits per heavy atom. The molecule has 2 aromatic heterocycles. The Labute approximate surface area is 100.0 Å². The van der Waals surface area contributed by atoms with E-state index in [9.17, 15) is 4.79 Å². The van der Waals surface area contributed by atoms with Crippen molar-refractivity contribution < 1.29 is 9.53 Å². The fraction of sp³-hybridized carbons (Fsp3) is 0.125. The number of rotatable bonds is 4. The van der Waals surface area contributed by atoms with Crippen LogP contribution < -0.4 is 5.32 Å². The summed E-state index contributed by atoms with van der Waals surface area (Å²) in [6.45, 7) is 0. The molecule has 2 heterocycles. The van der Waals surface area contributed by atoms with Crippen LogP contribution >= 0.6 is 11.3 Å². The Kier molecular flexibility index (Phi) is 3.40. The number of hydrogen-bond acceptors (Lipinski definition) is 8. The average molecular weight is 252 g/mol. The van der Waals surface area contributed by atoms with Gasteiger partial charge in [0.2, 0.25) is 5.13 Å². The molecule has 0 aliphatic heterocycles. The van der Waals surface area contributed by atoms with Crippen molar-refractivity contribution in [3.05, 3.63) is 24.4 Å². The molecule has 0 amide bonds. The molecule has 9 heteroatoms. The van der Waals surface area contributed by atoms with E-state index in [2.05, 4.69) is 30.3 Å². The van der Waals surface area contributed by atoms with Crippen LogP contribution in [0.2, 0.25) is 0 Å². The lowest BCUT2D eigenvalue weighted by molar-refractivity contribution is -0.134. The number of esters is 1. The molecule has 0 spiro atoms. The fourth-order valence-corrected chi connectivity index (χ4v) is 1.44. The predicted octanol–water partition coefficient (Wildman–Crippen LogP) is 0.213. The first-order valence-electron chi connectivity index (χ1n) is 4.47. The van der Waals surface area contributed by atoms with Gasteiger partial charge in [-0.15, -0.1) is 10.2 Å². The van der Waals surface area contributed by atoms with Gasteiger partial charge in [0, 0.05) is 6.20 Å². The maximum atomic E-state index is 11.5. The van der Waals surface area contributed by atoms with Gasteiger partial charge in [0.25, 0.3) is 0 Å². The zero-order valence-electron chi connectivity index (χ0n) is 8.77. The zero-order valence-corrected chi connectivity index (χ0v) is 9.59. The van der Waals surface area contributed by atoms with Crippen molar-refractivity contribution in [3.8, 4) is 0 Å². The number of nitrogens with zero attached hydrogens (tertiary/aromatic N) is 5. The minimum absolute atomic E-state index is 0.195. The second-order valence-corrected chi connectivity index (χ2v) is 3.58. The van der Waals surface area contributed by atoms with E-state index in [1.807, 2.05) is 0 Å². The number of carbonyl (C=O) groups excluding carboxylic acids is 1. The van der Waals surface area contributed by atoms with Gasteiger partial charge < -0.3 is 10.1 Å². The third-order valence-corrected chi connectivity index (χ3v) is 2.37. The zero-order chi connectivity index (χ0) is 12.1. The van der Waals surface area contributed by atoms with Crippen LogP contribution in [-0.2, 0) is 9.53 Å². The number of carbonyl (C=O) groups is 1. The number of ether oxygens (including phenoxy) is 1. The molecule has 0 atom stereocenters. The molecular weight excluding hydrogens is 244 g/mol. The standard InChI is InChI=1S/C8H8N6O2S/c1-16-7(15)6(14-4-9-3-12-14)2-10-8-13-11-5-17-8/h2-5H,1H3,(H,10,13)/b6-2+. The summed E-state index contributed by atoms with van der Waals surface area (Å²) in [6.07, 6.45) is 4.15. The lowest BCUT2D eigenvalue weighted by Gasteiger charge is -2.04. The van der Waals surface area contributed by atoms with Crippen molar-refractivity contribution in [1.29, 1.82) is 0 Å².